The number of carboxylic acids is 2. The van der Waals surface area contributed by atoms with Gasteiger partial charge in [0, 0.05) is 47.8 Å². The molecule has 220 valence electrons. The number of carboxylic acid groups (broad SMARTS) is 2. The van der Waals surface area contributed by atoms with Crippen molar-refractivity contribution in [3.05, 3.63) is 79.2 Å². The van der Waals surface area contributed by atoms with E-state index < -0.39 is 17.9 Å². The van der Waals surface area contributed by atoms with E-state index in [2.05, 4.69) is 22.6 Å². The van der Waals surface area contributed by atoms with Gasteiger partial charge in [0.15, 0.2) is 23.1 Å². The van der Waals surface area contributed by atoms with Gasteiger partial charge in [-0.1, -0.05) is 12.1 Å². The molecule has 0 bridgehead atoms. The Balaban J connectivity index is 1.56. The minimum Gasteiger partial charge on any atom is -0.490 e. The van der Waals surface area contributed by atoms with E-state index in [1.54, 1.807) is 12.1 Å². The SMILES string of the molecule is CCOc1cc(C2C3=C(CCCC3=O)N(CCC(=O)O)C3=C2C(=O)CCC3)cc(I)c1OCc1ccc(C(=O)O)cc1. The second kappa shape index (κ2) is 12.7. The van der Waals surface area contributed by atoms with Crippen molar-refractivity contribution in [2.45, 2.75) is 64.4 Å². The number of ether oxygens (including phenoxy) is 2. The lowest BCUT2D eigenvalue weighted by molar-refractivity contribution is -0.137. The molecule has 2 aliphatic carbocycles. The number of hydrogen-bond donors (Lipinski definition) is 2. The van der Waals surface area contributed by atoms with Crippen LogP contribution in [0.15, 0.2) is 58.9 Å². The van der Waals surface area contributed by atoms with Crippen LogP contribution in [0.3, 0.4) is 0 Å². The maximum Gasteiger partial charge on any atom is 0.335 e. The first-order valence-corrected chi connectivity index (χ1v) is 15.2. The monoisotopic (exact) mass is 685 g/mol. The predicted molar refractivity (Wildman–Crippen MR) is 162 cm³/mol. The minimum atomic E-state index is -0.997. The Bertz CT molecular complexity index is 1460. The summed E-state index contributed by atoms with van der Waals surface area (Å²) in [4.78, 5) is 51.7. The first-order valence-electron chi connectivity index (χ1n) is 14.1. The van der Waals surface area contributed by atoms with Gasteiger partial charge in [-0.15, -0.1) is 0 Å². The maximum atomic E-state index is 13.5. The maximum absolute atomic E-state index is 13.5. The van der Waals surface area contributed by atoms with Crippen LogP contribution in [0.1, 0.15) is 79.3 Å². The third-order valence-electron chi connectivity index (χ3n) is 7.88. The van der Waals surface area contributed by atoms with E-state index in [1.165, 1.54) is 12.1 Å². The van der Waals surface area contributed by atoms with Gasteiger partial charge in [0.25, 0.3) is 0 Å². The Kier molecular flexibility index (Phi) is 9.00. The molecule has 42 heavy (non-hydrogen) atoms. The van der Waals surface area contributed by atoms with Gasteiger partial charge >= 0.3 is 11.9 Å². The zero-order chi connectivity index (χ0) is 30.0. The van der Waals surface area contributed by atoms with Crippen molar-refractivity contribution in [1.82, 2.24) is 4.90 Å². The fourth-order valence-corrected chi connectivity index (χ4v) is 6.86. The molecule has 1 heterocycles. The third kappa shape index (κ3) is 5.95. The van der Waals surface area contributed by atoms with Gasteiger partial charge < -0.3 is 24.6 Å². The largest absolute Gasteiger partial charge is 0.490 e. The number of Topliss-reactive ketones (excluding diaryl/α,β-unsaturated/α-hetero) is 2. The van der Waals surface area contributed by atoms with E-state index in [0.29, 0.717) is 67.8 Å². The van der Waals surface area contributed by atoms with Gasteiger partial charge in [0.05, 0.1) is 22.2 Å². The Morgan fingerprint density at radius 3 is 2.10 bits per heavy atom. The van der Waals surface area contributed by atoms with Crippen molar-refractivity contribution in [2.24, 2.45) is 0 Å². The Morgan fingerprint density at radius 1 is 0.929 bits per heavy atom. The fraction of sp³-hybridized carbons (Fsp3) is 0.375. The number of aliphatic carboxylic acids is 1. The molecule has 0 atom stereocenters. The first-order chi connectivity index (χ1) is 20.2. The number of halogens is 1. The lowest BCUT2D eigenvalue weighted by atomic mass is 9.71. The molecule has 0 radical (unpaired) electrons. The van der Waals surface area contributed by atoms with Crippen LogP contribution in [-0.4, -0.2) is 51.8 Å². The van der Waals surface area contributed by atoms with Crippen molar-refractivity contribution < 1.29 is 38.9 Å². The van der Waals surface area contributed by atoms with E-state index in [0.717, 1.165) is 26.1 Å². The second-order valence-electron chi connectivity index (χ2n) is 10.6. The Hall–Kier alpha value is -3.67. The summed E-state index contributed by atoms with van der Waals surface area (Å²) < 4.78 is 12.9. The lowest BCUT2D eigenvalue weighted by Gasteiger charge is -2.44. The fourth-order valence-electron chi connectivity index (χ4n) is 6.08. The highest BCUT2D eigenvalue weighted by Gasteiger charge is 2.43. The highest BCUT2D eigenvalue weighted by Crippen LogP contribution is 2.50. The summed E-state index contributed by atoms with van der Waals surface area (Å²) in [6.07, 6.45) is 3.36. The van der Waals surface area contributed by atoms with Crippen LogP contribution in [0.25, 0.3) is 0 Å². The summed E-state index contributed by atoms with van der Waals surface area (Å²) in [5.74, 6) is -1.48. The van der Waals surface area contributed by atoms with Crippen LogP contribution in [0, 0.1) is 3.57 Å². The van der Waals surface area contributed by atoms with Gasteiger partial charge in [-0.2, -0.15) is 0 Å². The van der Waals surface area contributed by atoms with Crippen LogP contribution in [-0.2, 0) is 21.0 Å². The molecular formula is C32H32INO8. The average molecular weight is 686 g/mol. The molecule has 0 saturated heterocycles. The summed E-state index contributed by atoms with van der Waals surface area (Å²) >= 11 is 2.17. The van der Waals surface area contributed by atoms with Gasteiger partial charge in [0.2, 0.25) is 0 Å². The van der Waals surface area contributed by atoms with E-state index in [-0.39, 0.29) is 36.7 Å². The zero-order valence-electron chi connectivity index (χ0n) is 23.3. The predicted octanol–water partition coefficient (Wildman–Crippen LogP) is 5.86. The molecule has 0 saturated carbocycles. The average Bonchev–Trinajstić information content (AvgIpc) is 2.95. The number of hydrogen-bond acceptors (Lipinski definition) is 7. The van der Waals surface area contributed by atoms with Gasteiger partial charge in [-0.3, -0.25) is 14.4 Å². The Morgan fingerprint density at radius 2 is 1.55 bits per heavy atom. The molecule has 0 aromatic heterocycles. The van der Waals surface area contributed by atoms with Crippen LogP contribution >= 0.6 is 22.6 Å². The van der Waals surface area contributed by atoms with E-state index >= 15 is 0 Å². The molecule has 3 aliphatic rings. The number of benzene rings is 2. The van der Waals surface area contributed by atoms with E-state index in [1.807, 2.05) is 24.0 Å². The van der Waals surface area contributed by atoms with Crippen molar-refractivity contribution in [3.63, 3.8) is 0 Å². The summed E-state index contributed by atoms with van der Waals surface area (Å²) in [5.41, 5.74) is 4.61. The molecule has 9 nitrogen and oxygen atoms in total. The molecule has 2 aromatic rings. The number of carbonyl (C=O) groups is 4. The van der Waals surface area contributed by atoms with Gasteiger partial charge in [0.1, 0.15) is 6.61 Å². The molecule has 2 N–H and O–H groups in total. The molecule has 10 heteroatoms. The molecule has 0 unspecified atom stereocenters. The van der Waals surface area contributed by atoms with Crippen LogP contribution in [0.5, 0.6) is 11.5 Å². The van der Waals surface area contributed by atoms with Crippen molar-refractivity contribution >= 4 is 46.1 Å². The molecule has 0 spiro atoms. The topological polar surface area (TPSA) is 130 Å². The normalized spacial score (nSPS) is 17.2. The number of nitrogens with zero attached hydrogens (tertiary/aromatic N) is 1. The third-order valence-corrected chi connectivity index (χ3v) is 8.69. The number of ketones is 2. The number of carbonyl (C=O) groups excluding carboxylic acids is 2. The molecule has 5 rings (SSSR count). The van der Waals surface area contributed by atoms with Crippen LogP contribution < -0.4 is 9.47 Å². The quantitative estimate of drug-likeness (QED) is 0.296. The summed E-state index contributed by atoms with van der Waals surface area (Å²) in [6.45, 7) is 2.66. The smallest absolute Gasteiger partial charge is 0.335 e. The number of rotatable bonds is 10. The first kappa shape index (κ1) is 29.8. The Labute approximate surface area is 257 Å². The van der Waals surface area contributed by atoms with E-state index in [4.69, 9.17) is 14.6 Å². The highest BCUT2D eigenvalue weighted by molar-refractivity contribution is 14.1. The van der Waals surface area contributed by atoms with E-state index in [9.17, 15) is 24.3 Å². The molecular weight excluding hydrogens is 653 g/mol. The van der Waals surface area contributed by atoms with Crippen LogP contribution in [0.4, 0.5) is 0 Å². The second-order valence-corrected chi connectivity index (χ2v) is 11.7. The van der Waals surface area contributed by atoms with Crippen LogP contribution in [0.2, 0.25) is 0 Å². The number of allylic oxidation sites excluding steroid dienone is 4. The lowest BCUT2D eigenvalue weighted by Crippen LogP contribution is -2.40. The summed E-state index contributed by atoms with van der Waals surface area (Å²) in [5, 5.41) is 18.6. The molecule has 0 fully saturated rings. The minimum absolute atomic E-state index is 0.00963. The molecule has 0 amide bonds. The van der Waals surface area contributed by atoms with Crippen molar-refractivity contribution in [3.8, 4) is 11.5 Å². The number of aromatic carboxylic acids is 1. The zero-order valence-corrected chi connectivity index (χ0v) is 25.4. The molecule has 1 aliphatic heterocycles. The van der Waals surface area contributed by atoms with Crippen molar-refractivity contribution in [2.75, 3.05) is 13.2 Å². The van der Waals surface area contributed by atoms with Crippen molar-refractivity contribution in [1.29, 1.82) is 0 Å². The van der Waals surface area contributed by atoms with Gasteiger partial charge in [-0.05, 0) is 90.6 Å². The standard InChI is InChI=1S/C32H32INO8/c1-2-41-26-16-20(15-21(33)31(26)42-17-18-9-11-19(12-10-18)32(39)40)28-29-22(5-3-7-24(29)35)34(14-13-27(37)38)23-6-4-8-25(36)30(23)28/h9-12,15-16,28H,2-8,13-14,17H2,1H3,(H,37,38)(H,39,40). The summed E-state index contributed by atoms with van der Waals surface area (Å²) in [6, 6.07) is 10.2. The highest BCUT2D eigenvalue weighted by atomic mass is 127. The van der Waals surface area contributed by atoms with Gasteiger partial charge in [-0.25, -0.2) is 4.79 Å². The summed E-state index contributed by atoms with van der Waals surface area (Å²) in [7, 11) is 0. The molecule has 2 aromatic carbocycles.